The fourth-order valence-corrected chi connectivity index (χ4v) is 2.72. The fourth-order valence-electron chi connectivity index (χ4n) is 2.72. The van der Waals surface area contributed by atoms with Gasteiger partial charge in [0, 0.05) is 30.8 Å². The van der Waals surface area contributed by atoms with Crippen molar-refractivity contribution in [1.82, 2.24) is 14.7 Å². The fraction of sp³-hybridized carbons (Fsp3) is 0.357. The van der Waals surface area contributed by atoms with E-state index >= 15 is 0 Å². The van der Waals surface area contributed by atoms with Crippen molar-refractivity contribution in [2.24, 2.45) is 0 Å². The highest BCUT2D eigenvalue weighted by molar-refractivity contribution is 5.58. The van der Waals surface area contributed by atoms with Crippen LogP contribution >= 0.6 is 0 Å². The predicted molar refractivity (Wildman–Crippen MR) is 76.8 cm³/mol. The van der Waals surface area contributed by atoms with Crippen molar-refractivity contribution in [2.45, 2.75) is 26.6 Å². The maximum absolute atomic E-state index is 12.9. The van der Waals surface area contributed by atoms with Gasteiger partial charge in [0.15, 0.2) is 1.37 Å². The topological polar surface area (TPSA) is 73.4 Å². The van der Waals surface area contributed by atoms with Crippen molar-refractivity contribution in [3.63, 3.8) is 0 Å². The van der Waals surface area contributed by atoms with E-state index < -0.39 is 22.9 Å². The quantitative estimate of drug-likeness (QED) is 0.638. The van der Waals surface area contributed by atoms with Gasteiger partial charge in [0.05, 0.1) is 22.5 Å². The molecule has 122 valence electrons. The second-order valence-electron chi connectivity index (χ2n) is 5.39. The molecule has 0 bridgehead atoms. The number of fused-ring (bicyclic) bond motifs is 1. The standard InChI is InChI=1S/C14H14F2N4O3/c1-8-3-11(20(21)22)13(23-14(15)16)4-10(8)19-12-7-18(2)6-9(12)5-17-19/h3-5,14H,6-7H2,1-2H3/i14D. The van der Waals surface area contributed by atoms with E-state index in [-0.39, 0.29) is 0 Å². The summed E-state index contributed by atoms with van der Waals surface area (Å²) >= 11 is 0. The molecule has 0 spiro atoms. The van der Waals surface area contributed by atoms with Crippen molar-refractivity contribution in [3.05, 3.63) is 45.3 Å². The number of alkyl halides is 2. The van der Waals surface area contributed by atoms with Gasteiger partial charge in [-0.1, -0.05) is 0 Å². The van der Waals surface area contributed by atoms with E-state index in [0.717, 1.165) is 29.9 Å². The molecule has 0 amide bonds. The lowest BCUT2D eigenvalue weighted by molar-refractivity contribution is -0.386. The lowest BCUT2D eigenvalue weighted by atomic mass is 10.1. The van der Waals surface area contributed by atoms with E-state index in [4.69, 9.17) is 1.37 Å². The number of hydrogen-bond acceptors (Lipinski definition) is 5. The van der Waals surface area contributed by atoms with Crippen molar-refractivity contribution in [3.8, 4) is 11.4 Å². The zero-order valence-corrected chi connectivity index (χ0v) is 12.4. The van der Waals surface area contributed by atoms with Crippen LogP contribution in [0.4, 0.5) is 14.5 Å². The molecule has 7 nitrogen and oxygen atoms in total. The highest BCUT2D eigenvalue weighted by Crippen LogP contribution is 2.34. The number of nitro groups is 1. The molecule has 3 rings (SSSR count). The summed E-state index contributed by atoms with van der Waals surface area (Å²) in [4.78, 5) is 12.3. The number of hydrogen-bond donors (Lipinski definition) is 0. The van der Waals surface area contributed by atoms with Gasteiger partial charge in [0.1, 0.15) is 0 Å². The summed E-state index contributed by atoms with van der Waals surface area (Å²) in [6.45, 7) is -1.31. The Balaban J connectivity index is 2.13. The maximum Gasteiger partial charge on any atom is 0.387 e. The first kappa shape index (κ1) is 14.1. The Labute approximate surface area is 131 Å². The highest BCUT2D eigenvalue weighted by Gasteiger charge is 2.25. The number of rotatable bonds is 4. The second kappa shape index (κ2) is 5.58. The monoisotopic (exact) mass is 325 g/mol. The first-order valence-corrected chi connectivity index (χ1v) is 6.76. The van der Waals surface area contributed by atoms with Gasteiger partial charge in [-0.05, 0) is 19.5 Å². The van der Waals surface area contributed by atoms with E-state index in [1.54, 1.807) is 17.8 Å². The van der Waals surface area contributed by atoms with Crippen molar-refractivity contribution >= 4 is 5.69 Å². The van der Waals surface area contributed by atoms with Crippen LogP contribution in [0.15, 0.2) is 18.3 Å². The Kier molecular flexibility index (Phi) is 3.41. The Hall–Kier alpha value is -2.55. The molecular formula is C14H14F2N4O3. The molecule has 2 heterocycles. The number of benzene rings is 1. The minimum absolute atomic E-state index is 0.399. The average molecular weight is 325 g/mol. The minimum Gasteiger partial charge on any atom is -0.427 e. The van der Waals surface area contributed by atoms with Crippen LogP contribution in [0.1, 0.15) is 18.2 Å². The summed E-state index contributed by atoms with van der Waals surface area (Å²) in [7, 11) is 1.93. The Morgan fingerprint density at radius 1 is 1.48 bits per heavy atom. The molecule has 0 unspecified atom stereocenters. The molecule has 1 aromatic heterocycles. The zero-order valence-electron chi connectivity index (χ0n) is 13.4. The van der Waals surface area contributed by atoms with Crippen LogP contribution in [-0.2, 0) is 13.1 Å². The van der Waals surface area contributed by atoms with Crippen LogP contribution < -0.4 is 4.74 Å². The van der Waals surface area contributed by atoms with E-state index in [9.17, 15) is 18.9 Å². The molecule has 0 saturated heterocycles. The number of aryl methyl sites for hydroxylation is 1. The number of nitrogens with zero attached hydrogens (tertiary/aromatic N) is 4. The third-order valence-electron chi connectivity index (χ3n) is 3.70. The molecule has 1 aromatic carbocycles. The lowest BCUT2D eigenvalue weighted by Crippen LogP contribution is -2.12. The van der Waals surface area contributed by atoms with Crippen molar-refractivity contribution < 1.29 is 19.8 Å². The van der Waals surface area contributed by atoms with Crippen LogP contribution in [0, 0.1) is 17.0 Å². The largest absolute Gasteiger partial charge is 0.427 e. The van der Waals surface area contributed by atoms with Crippen molar-refractivity contribution in [2.75, 3.05) is 7.05 Å². The summed E-state index contributed by atoms with van der Waals surface area (Å²) in [5, 5.41) is 15.3. The van der Waals surface area contributed by atoms with Gasteiger partial charge in [-0.25, -0.2) is 4.68 Å². The molecule has 2 aromatic rings. The van der Waals surface area contributed by atoms with Gasteiger partial charge in [0.25, 0.3) is 0 Å². The van der Waals surface area contributed by atoms with E-state index in [0.29, 0.717) is 17.8 Å². The van der Waals surface area contributed by atoms with Crippen LogP contribution in [0.2, 0.25) is 0 Å². The SMILES string of the molecule is [2H]C(F)(F)Oc1cc(-n2ncc3c2CN(C)C3)c(C)cc1[N+](=O)[O-]. The maximum atomic E-state index is 12.9. The molecule has 9 heteroatoms. The van der Waals surface area contributed by atoms with Gasteiger partial charge in [0.2, 0.25) is 5.75 Å². The normalized spacial score (nSPS) is 15.4. The molecule has 0 N–H and O–H groups in total. The predicted octanol–water partition coefficient (Wildman–Crippen LogP) is 2.64. The lowest BCUT2D eigenvalue weighted by Gasteiger charge is -2.13. The van der Waals surface area contributed by atoms with E-state index in [1.807, 2.05) is 7.05 Å². The molecule has 0 radical (unpaired) electrons. The highest BCUT2D eigenvalue weighted by atomic mass is 19.3. The van der Waals surface area contributed by atoms with E-state index in [1.165, 1.54) is 0 Å². The summed E-state index contributed by atoms with van der Waals surface area (Å²) in [5.74, 6) is -0.670. The smallest absolute Gasteiger partial charge is 0.387 e. The number of ether oxygens (including phenoxy) is 1. The van der Waals surface area contributed by atoms with Gasteiger partial charge >= 0.3 is 12.3 Å². The molecule has 0 saturated carbocycles. The number of halogens is 2. The molecule has 23 heavy (non-hydrogen) atoms. The third kappa shape index (κ3) is 2.74. The first-order valence-electron chi connectivity index (χ1n) is 7.26. The van der Waals surface area contributed by atoms with Crippen molar-refractivity contribution in [1.29, 1.82) is 0 Å². The Morgan fingerprint density at radius 2 is 2.22 bits per heavy atom. The van der Waals surface area contributed by atoms with Crippen LogP contribution in [0.3, 0.4) is 0 Å². The van der Waals surface area contributed by atoms with Crippen LogP contribution in [0.5, 0.6) is 5.75 Å². The first-order chi connectivity index (χ1) is 11.2. The molecule has 0 atom stereocenters. The number of nitro benzene ring substituents is 1. The molecule has 1 aliphatic rings. The summed E-state index contributed by atoms with van der Waals surface area (Å²) in [6, 6.07) is 2.27. The van der Waals surface area contributed by atoms with Gasteiger partial charge in [-0.3, -0.25) is 15.0 Å². The summed E-state index contributed by atoms with van der Waals surface area (Å²) in [5.41, 5.74) is 2.16. The van der Waals surface area contributed by atoms with Crippen LogP contribution in [0.25, 0.3) is 5.69 Å². The second-order valence-corrected chi connectivity index (χ2v) is 5.39. The Morgan fingerprint density at radius 3 is 2.87 bits per heavy atom. The third-order valence-corrected chi connectivity index (χ3v) is 3.70. The van der Waals surface area contributed by atoms with Gasteiger partial charge in [-0.2, -0.15) is 13.9 Å². The molecular weight excluding hydrogens is 310 g/mol. The molecule has 0 aliphatic carbocycles. The molecule has 1 aliphatic heterocycles. The zero-order chi connectivity index (χ0) is 17.6. The van der Waals surface area contributed by atoms with Crippen LogP contribution in [-0.4, -0.2) is 33.2 Å². The van der Waals surface area contributed by atoms with Gasteiger partial charge in [-0.15, -0.1) is 0 Å². The summed E-state index contributed by atoms with van der Waals surface area (Å²) in [6.07, 6.45) is 1.68. The summed E-state index contributed by atoms with van der Waals surface area (Å²) < 4.78 is 38.1. The van der Waals surface area contributed by atoms with Gasteiger partial charge < -0.3 is 4.74 Å². The minimum atomic E-state index is -4.27. The Bertz CT molecular complexity index is 819. The molecule has 0 fully saturated rings. The average Bonchev–Trinajstić information content (AvgIpc) is 2.97. The van der Waals surface area contributed by atoms with E-state index in [2.05, 4.69) is 14.7 Å². The number of aromatic nitrogens is 2.